The zero-order valence-electron chi connectivity index (χ0n) is 15.9. The van der Waals surface area contributed by atoms with Crippen LogP contribution in [0.2, 0.25) is 0 Å². The lowest BCUT2D eigenvalue weighted by Gasteiger charge is -2.33. The first-order valence-corrected chi connectivity index (χ1v) is 9.22. The van der Waals surface area contributed by atoms with Crippen LogP contribution in [-0.4, -0.2) is 69.1 Å². The molecule has 138 valence electrons. The maximum atomic E-state index is 12.7. The van der Waals surface area contributed by atoms with E-state index in [1.165, 1.54) is 0 Å². The zero-order valence-corrected chi connectivity index (χ0v) is 15.9. The van der Waals surface area contributed by atoms with Crippen molar-refractivity contribution in [2.75, 3.05) is 51.6 Å². The van der Waals surface area contributed by atoms with Gasteiger partial charge >= 0.3 is 0 Å². The highest BCUT2D eigenvalue weighted by Crippen LogP contribution is 2.07. The number of amides is 2. The Morgan fingerprint density at radius 2 is 1.84 bits per heavy atom. The minimum atomic E-state index is -0.216. The fourth-order valence-electron chi connectivity index (χ4n) is 3.13. The van der Waals surface area contributed by atoms with Crippen molar-refractivity contribution < 1.29 is 19.4 Å². The van der Waals surface area contributed by atoms with Crippen LogP contribution in [0, 0.1) is 6.92 Å². The molecule has 0 aromatic heterocycles. The fourth-order valence-corrected chi connectivity index (χ4v) is 3.13. The van der Waals surface area contributed by atoms with Crippen LogP contribution in [0.5, 0.6) is 0 Å². The number of likely N-dealkylation sites (N-methyl/N-ethyl adjacent to an activating group) is 2. The summed E-state index contributed by atoms with van der Waals surface area (Å²) in [6.07, 6.45) is 0. The fraction of sp³-hybridized carbons (Fsp3) is 0.579. The van der Waals surface area contributed by atoms with Gasteiger partial charge in [-0.15, -0.1) is 0 Å². The molecule has 0 aliphatic carbocycles. The topological polar surface area (TPSA) is 58.3 Å². The van der Waals surface area contributed by atoms with Crippen LogP contribution < -0.4 is 15.1 Å². The number of anilines is 1. The number of carbonyl (C=O) groups excluding carboxylic acids is 2. The van der Waals surface area contributed by atoms with Gasteiger partial charge in [-0.2, -0.15) is 0 Å². The molecule has 1 heterocycles. The Kier molecular flexibility index (Phi) is 6.96. The Labute approximate surface area is 150 Å². The predicted octanol–water partition coefficient (Wildman–Crippen LogP) is -1.42. The first kappa shape index (κ1) is 19.4. The van der Waals surface area contributed by atoms with Crippen LogP contribution in [0.25, 0.3) is 0 Å². The lowest BCUT2D eigenvalue weighted by atomic mass is 10.2. The Bertz CT molecular complexity index is 580. The molecule has 1 fully saturated rings. The summed E-state index contributed by atoms with van der Waals surface area (Å²) in [5, 5.41) is 2.90. The van der Waals surface area contributed by atoms with E-state index in [9.17, 15) is 9.59 Å². The summed E-state index contributed by atoms with van der Waals surface area (Å²) in [7, 11) is 1.91. The molecule has 1 aliphatic rings. The van der Waals surface area contributed by atoms with Crippen LogP contribution in [0.15, 0.2) is 24.3 Å². The molecule has 0 saturated carbocycles. The average molecular weight is 348 g/mol. The number of nitrogens with one attached hydrogen (secondary N) is 3. The monoisotopic (exact) mass is 348 g/mol. The van der Waals surface area contributed by atoms with Gasteiger partial charge in [0.15, 0.2) is 12.6 Å². The minimum absolute atomic E-state index is 0.0683. The molecule has 0 spiro atoms. The SMILES string of the molecule is CC[NH+]1CCN(C(=O)[C@@H](C)[NH+](C)CC(=O)Nc2ccc(C)cc2)CC1. The molecule has 6 heteroatoms. The van der Waals surface area contributed by atoms with E-state index in [0.29, 0.717) is 0 Å². The predicted molar refractivity (Wildman–Crippen MR) is 98.8 cm³/mol. The third kappa shape index (κ3) is 5.54. The van der Waals surface area contributed by atoms with Gasteiger partial charge in [0.2, 0.25) is 0 Å². The number of piperazine rings is 1. The van der Waals surface area contributed by atoms with Crippen molar-refractivity contribution in [2.24, 2.45) is 0 Å². The summed E-state index contributed by atoms with van der Waals surface area (Å²) in [4.78, 5) is 29.3. The minimum Gasteiger partial charge on any atom is -0.332 e. The van der Waals surface area contributed by atoms with Gasteiger partial charge in [0.05, 0.1) is 39.8 Å². The lowest BCUT2D eigenvalue weighted by Crippen LogP contribution is -3.16. The Morgan fingerprint density at radius 1 is 1.24 bits per heavy atom. The van der Waals surface area contributed by atoms with Gasteiger partial charge in [-0.1, -0.05) is 17.7 Å². The van der Waals surface area contributed by atoms with E-state index < -0.39 is 0 Å². The largest absolute Gasteiger partial charge is 0.332 e. The number of hydrogen-bond acceptors (Lipinski definition) is 2. The van der Waals surface area contributed by atoms with E-state index in [4.69, 9.17) is 0 Å². The molecule has 1 unspecified atom stereocenters. The highest BCUT2D eigenvalue weighted by Gasteiger charge is 2.31. The van der Waals surface area contributed by atoms with Crippen LogP contribution in [0.1, 0.15) is 19.4 Å². The van der Waals surface area contributed by atoms with Crippen molar-refractivity contribution in [3.8, 4) is 0 Å². The Morgan fingerprint density at radius 3 is 2.40 bits per heavy atom. The number of quaternary nitrogens is 2. The Hall–Kier alpha value is -1.92. The standard InChI is InChI=1S/C19H30N4O2/c1-5-22-10-12-23(13-11-22)19(25)16(3)21(4)14-18(24)20-17-8-6-15(2)7-9-17/h6-9,16H,5,10-14H2,1-4H3,(H,20,24)/p+2/t16-/m1/s1. The second kappa shape index (κ2) is 8.97. The highest BCUT2D eigenvalue weighted by molar-refractivity contribution is 5.91. The van der Waals surface area contributed by atoms with Crippen LogP contribution >= 0.6 is 0 Å². The molecule has 2 rings (SSSR count). The number of aryl methyl sites for hydroxylation is 1. The quantitative estimate of drug-likeness (QED) is 0.591. The van der Waals surface area contributed by atoms with Crippen molar-refractivity contribution in [1.29, 1.82) is 0 Å². The molecule has 1 aromatic carbocycles. The van der Waals surface area contributed by atoms with E-state index in [1.54, 1.807) is 4.90 Å². The number of carbonyl (C=O) groups is 2. The van der Waals surface area contributed by atoms with Gasteiger partial charge < -0.3 is 20.0 Å². The summed E-state index contributed by atoms with van der Waals surface area (Å²) in [5.41, 5.74) is 1.95. The first-order valence-electron chi connectivity index (χ1n) is 9.22. The maximum absolute atomic E-state index is 12.7. The smallest absolute Gasteiger partial charge is 0.280 e. The van der Waals surface area contributed by atoms with E-state index in [0.717, 1.165) is 48.9 Å². The Balaban J connectivity index is 1.82. The maximum Gasteiger partial charge on any atom is 0.280 e. The van der Waals surface area contributed by atoms with Crippen molar-refractivity contribution in [3.63, 3.8) is 0 Å². The second-order valence-corrected chi connectivity index (χ2v) is 7.09. The molecule has 0 radical (unpaired) electrons. The van der Waals surface area contributed by atoms with Crippen molar-refractivity contribution in [1.82, 2.24) is 4.90 Å². The van der Waals surface area contributed by atoms with E-state index in [2.05, 4.69) is 12.2 Å². The van der Waals surface area contributed by atoms with Crippen molar-refractivity contribution in [3.05, 3.63) is 29.8 Å². The summed E-state index contributed by atoms with van der Waals surface area (Å²) in [6.45, 7) is 11.2. The van der Waals surface area contributed by atoms with Crippen LogP contribution in [0.4, 0.5) is 5.69 Å². The van der Waals surface area contributed by atoms with Gasteiger partial charge in [-0.05, 0) is 32.9 Å². The van der Waals surface area contributed by atoms with Crippen LogP contribution in [0.3, 0.4) is 0 Å². The van der Waals surface area contributed by atoms with Gasteiger partial charge in [0.25, 0.3) is 11.8 Å². The second-order valence-electron chi connectivity index (χ2n) is 7.09. The van der Waals surface area contributed by atoms with Crippen molar-refractivity contribution >= 4 is 17.5 Å². The third-order valence-electron chi connectivity index (χ3n) is 5.17. The first-order chi connectivity index (χ1) is 11.9. The zero-order chi connectivity index (χ0) is 18.4. The van der Waals surface area contributed by atoms with Crippen LogP contribution in [-0.2, 0) is 9.59 Å². The third-order valence-corrected chi connectivity index (χ3v) is 5.17. The molecule has 3 N–H and O–H groups in total. The van der Waals surface area contributed by atoms with Gasteiger partial charge in [0, 0.05) is 5.69 Å². The normalized spacial score (nSPS) is 17.8. The average Bonchev–Trinajstić information content (AvgIpc) is 2.62. The van der Waals surface area contributed by atoms with E-state index >= 15 is 0 Å². The summed E-state index contributed by atoms with van der Waals surface area (Å²) < 4.78 is 0. The molecule has 6 nitrogen and oxygen atoms in total. The number of rotatable bonds is 6. The summed E-state index contributed by atoms with van der Waals surface area (Å²) >= 11 is 0. The summed E-state index contributed by atoms with van der Waals surface area (Å²) in [6, 6.07) is 7.51. The molecule has 25 heavy (non-hydrogen) atoms. The molecule has 1 saturated heterocycles. The molecular weight excluding hydrogens is 316 g/mol. The van der Waals surface area contributed by atoms with Gasteiger partial charge in [-0.25, -0.2) is 0 Å². The number of hydrogen-bond donors (Lipinski definition) is 3. The summed E-state index contributed by atoms with van der Waals surface area (Å²) in [5.74, 6) is 0.0806. The van der Waals surface area contributed by atoms with Gasteiger partial charge in [-0.3, -0.25) is 9.59 Å². The molecular formula is C19H32N4O2+2. The molecule has 2 amide bonds. The lowest BCUT2D eigenvalue weighted by molar-refractivity contribution is -0.903. The molecule has 0 bridgehead atoms. The molecule has 2 atom stereocenters. The van der Waals surface area contributed by atoms with E-state index in [-0.39, 0.29) is 24.4 Å². The number of benzene rings is 1. The number of nitrogens with zero attached hydrogens (tertiary/aromatic N) is 1. The van der Waals surface area contributed by atoms with Gasteiger partial charge in [0.1, 0.15) is 0 Å². The molecule has 1 aromatic rings. The van der Waals surface area contributed by atoms with E-state index in [1.807, 2.05) is 50.1 Å². The highest BCUT2D eigenvalue weighted by atomic mass is 16.2. The van der Waals surface area contributed by atoms with Crippen molar-refractivity contribution in [2.45, 2.75) is 26.8 Å². The molecule has 1 aliphatic heterocycles.